The molecule has 0 fully saturated rings. The van der Waals surface area contributed by atoms with Crippen molar-refractivity contribution >= 4 is 23.3 Å². The zero-order valence-corrected chi connectivity index (χ0v) is 21.0. The third-order valence-corrected chi connectivity index (χ3v) is 6.82. The van der Waals surface area contributed by atoms with Gasteiger partial charge in [-0.05, 0) is 49.7 Å². The third-order valence-electron chi connectivity index (χ3n) is 5.93. The van der Waals surface area contributed by atoms with E-state index in [-0.39, 0.29) is 0 Å². The van der Waals surface area contributed by atoms with E-state index in [1.807, 2.05) is 53.9 Å². The second-order valence-electron chi connectivity index (χ2n) is 8.01. The molecule has 0 radical (unpaired) electrons. The van der Waals surface area contributed by atoms with Gasteiger partial charge >= 0.3 is 11.9 Å². The predicted octanol–water partition coefficient (Wildman–Crippen LogP) is 5.07. The molecule has 1 aromatic heterocycles. The second-order valence-corrected chi connectivity index (χ2v) is 8.87. The summed E-state index contributed by atoms with van der Waals surface area (Å²) in [5, 5.41) is 5.95. The number of dihydropyridines is 1. The van der Waals surface area contributed by atoms with Crippen LogP contribution in [0.1, 0.15) is 25.3 Å². The summed E-state index contributed by atoms with van der Waals surface area (Å²) in [6.07, 6.45) is 0. The van der Waals surface area contributed by atoms with Crippen molar-refractivity contribution in [2.75, 3.05) is 21.3 Å². The highest BCUT2D eigenvalue weighted by Crippen LogP contribution is 2.40. The molecule has 0 spiro atoms. The average molecular weight is 491 g/mol. The monoisotopic (exact) mass is 490 g/mol. The van der Waals surface area contributed by atoms with Gasteiger partial charge in [-0.3, -0.25) is 0 Å². The minimum atomic E-state index is -0.642. The summed E-state index contributed by atoms with van der Waals surface area (Å²) in [5.41, 5.74) is 5.50. The minimum Gasteiger partial charge on any atom is -0.497 e. The van der Waals surface area contributed by atoms with Crippen molar-refractivity contribution in [1.29, 1.82) is 0 Å². The van der Waals surface area contributed by atoms with Crippen molar-refractivity contribution in [2.24, 2.45) is 0 Å². The summed E-state index contributed by atoms with van der Waals surface area (Å²) < 4.78 is 15.4. The van der Waals surface area contributed by atoms with Crippen LogP contribution in [0.15, 0.2) is 76.5 Å². The van der Waals surface area contributed by atoms with E-state index >= 15 is 0 Å². The Morgan fingerprint density at radius 3 is 2.09 bits per heavy atom. The molecular weight excluding hydrogens is 464 g/mol. The average Bonchev–Trinajstić information content (AvgIpc) is 3.38. The maximum Gasteiger partial charge on any atom is 0.336 e. The highest BCUT2D eigenvalue weighted by molar-refractivity contribution is 7.13. The lowest BCUT2D eigenvalue weighted by Gasteiger charge is -2.30. The normalized spacial score (nSPS) is 14.0. The highest BCUT2D eigenvalue weighted by Gasteiger charge is 2.37. The number of rotatable bonds is 6. The van der Waals surface area contributed by atoms with Crippen LogP contribution in [-0.2, 0) is 19.1 Å². The fourth-order valence-corrected chi connectivity index (χ4v) is 5.07. The molecule has 0 atom stereocenters. The molecule has 4 rings (SSSR count). The Morgan fingerprint density at radius 1 is 0.886 bits per heavy atom. The van der Waals surface area contributed by atoms with E-state index in [0.717, 1.165) is 33.1 Å². The summed E-state index contributed by atoms with van der Waals surface area (Å²) >= 11 is 1.53. The minimum absolute atomic E-state index is 0.369. The number of allylic oxidation sites excluding steroid dienone is 2. The van der Waals surface area contributed by atoms with Crippen molar-refractivity contribution < 1.29 is 23.8 Å². The van der Waals surface area contributed by atoms with Crippen LogP contribution in [0.25, 0.3) is 21.8 Å². The van der Waals surface area contributed by atoms with Crippen molar-refractivity contribution in [2.45, 2.75) is 19.8 Å². The Balaban J connectivity index is 1.77. The van der Waals surface area contributed by atoms with Crippen molar-refractivity contribution in [3.05, 3.63) is 82.0 Å². The molecule has 2 heterocycles. The van der Waals surface area contributed by atoms with Crippen LogP contribution in [0.5, 0.6) is 5.75 Å². The Kier molecular flexibility index (Phi) is 7.02. The molecule has 180 valence electrons. The number of esters is 2. The topological polar surface area (TPSA) is 86.8 Å². The van der Waals surface area contributed by atoms with Gasteiger partial charge in [-0.2, -0.15) is 0 Å². The number of aromatic nitrogens is 1. The molecule has 35 heavy (non-hydrogen) atoms. The van der Waals surface area contributed by atoms with Crippen molar-refractivity contribution in [1.82, 2.24) is 10.3 Å². The molecule has 0 saturated carbocycles. The Labute approximate surface area is 208 Å². The maximum absolute atomic E-state index is 12.8. The van der Waals surface area contributed by atoms with Gasteiger partial charge in [0.15, 0.2) is 0 Å². The predicted molar refractivity (Wildman–Crippen MR) is 135 cm³/mol. The highest BCUT2D eigenvalue weighted by atomic mass is 32.1. The number of benzene rings is 2. The van der Waals surface area contributed by atoms with Crippen LogP contribution in [0.2, 0.25) is 0 Å². The van der Waals surface area contributed by atoms with Crippen LogP contribution < -0.4 is 10.1 Å². The first-order valence-corrected chi connectivity index (χ1v) is 11.8. The number of thiazole rings is 1. The molecule has 0 amide bonds. The van der Waals surface area contributed by atoms with Crippen molar-refractivity contribution in [3.8, 4) is 27.6 Å². The fraction of sp³-hybridized carbons (Fsp3) is 0.222. The molecule has 1 N–H and O–H groups in total. The summed E-state index contributed by atoms with van der Waals surface area (Å²) in [7, 11) is 4.29. The third kappa shape index (κ3) is 4.70. The lowest BCUT2D eigenvalue weighted by Crippen LogP contribution is -2.32. The van der Waals surface area contributed by atoms with Gasteiger partial charge in [0.05, 0.1) is 44.1 Å². The van der Waals surface area contributed by atoms with E-state index in [2.05, 4.69) is 5.32 Å². The lowest BCUT2D eigenvalue weighted by molar-refractivity contribution is -0.137. The number of nitrogens with zero attached hydrogens (tertiary/aromatic N) is 1. The van der Waals surface area contributed by atoms with Gasteiger partial charge in [-0.25, -0.2) is 14.6 Å². The molecule has 0 aliphatic carbocycles. The lowest BCUT2D eigenvalue weighted by atomic mass is 9.80. The molecule has 1 aliphatic rings. The number of nitrogens with one attached hydrogen (secondary N) is 1. The van der Waals surface area contributed by atoms with Crippen LogP contribution in [-0.4, -0.2) is 38.3 Å². The number of hydrogen-bond donors (Lipinski definition) is 1. The zero-order chi connectivity index (χ0) is 25.1. The molecule has 3 aromatic rings. The molecule has 2 aromatic carbocycles. The summed E-state index contributed by atoms with van der Waals surface area (Å²) in [6, 6.07) is 15.4. The maximum atomic E-state index is 12.8. The second kappa shape index (κ2) is 10.1. The number of carbonyl (C=O) groups excluding carboxylic acids is 2. The molecule has 7 nitrogen and oxygen atoms in total. The van der Waals surface area contributed by atoms with Crippen LogP contribution in [0, 0.1) is 0 Å². The largest absolute Gasteiger partial charge is 0.497 e. The number of hydrogen-bond acceptors (Lipinski definition) is 8. The van der Waals surface area contributed by atoms with Crippen molar-refractivity contribution in [3.63, 3.8) is 0 Å². The molecule has 0 bridgehead atoms. The smallest absolute Gasteiger partial charge is 0.336 e. The number of ether oxygens (including phenoxy) is 3. The van der Waals surface area contributed by atoms with Gasteiger partial charge < -0.3 is 19.5 Å². The first-order valence-electron chi connectivity index (χ1n) is 10.9. The quantitative estimate of drug-likeness (QED) is 0.483. The van der Waals surface area contributed by atoms with E-state index in [0.29, 0.717) is 22.5 Å². The number of carbonyl (C=O) groups is 2. The fourth-order valence-electron chi connectivity index (χ4n) is 4.24. The Hall–Kier alpha value is -3.91. The van der Waals surface area contributed by atoms with Gasteiger partial charge in [0, 0.05) is 27.9 Å². The van der Waals surface area contributed by atoms with E-state index < -0.39 is 17.9 Å². The summed E-state index contributed by atoms with van der Waals surface area (Å²) in [6.45, 7) is 3.59. The van der Waals surface area contributed by atoms with E-state index in [1.165, 1.54) is 25.6 Å². The molecular formula is C27H26N2O5S. The van der Waals surface area contributed by atoms with Gasteiger partial charge in [0.1, 0.15) is 10.8 Å². The van der Waals surface area contributed by atoms with Gasteiger partial charge in [0.2, 0.25) is 0 Å². The molecule has 8 heteroatoms. The van der Waals surface area contributed by atoms with Gasteiger partial charge in [0.25, 0.3) is 0 Å². The standard InChI is InChI=1S/C27H26N2O5S/c1-15-22(26(30)33-4)24(23(16(2)28-15)27(31)34-5)18-7-6-8-19(13-18)25-29-21(14-35-25)17-9-11-20(32-3)12-10-17/h6-14,24,28H,1-5H3. The SMILES string of the molecule is COC(=O)C1=C(C)NC(C)=C(C(=O)OC)C1c1cccc(-c2nc(-c3ccc(OC)cc3)cs2)c1. The van der Waals surface area contributed by atoms with Crippen LogP contribution in [0.4, 0.5) is 0 Å². The van der Waals surface area contributed by atoms with Gasteiger partial charge in [-0.15, -0.1) is 11.3 Å². The first-order chi connectivity index (χ1) is 16.9. The molecule has 0 unspecified atom stereocenters. The Bertz CT molecular complexity index is 1300. The van der Waals surface area contributed by atoms with Crippen LogP contribution >= 0.6 is 11.3 Å². The molecule has 1 aliphatic heterocycles. The molecule has 0 saturated heterocycles. The van der Waals surface area contributed by atoms with E-state index in [4.69, 9.17) is 19.2 Å². The van der Waals surface area contributed by atoms with Crippen LogP contribution in [0.3, 0.4) is 0 Å². The zero-order valence-electron chi connectivity index (χ0n) is 20.2. The Morgan fingerprint density at radius 2 is 1.51 bits per heavy atom. The first kappa shape index (κ1) is 24.2. The van der Waals surface area contributed by atoms with E-state index in [1.54, 1.807) is 21.0 Å². The van der Waals surface area contributed by atoms with E-state index in [9.17, 15) is 9.59 Å². The number of methoxy groups -OCH3 is 3. The van der Waals surface area contributed by atoms with Gasteiger partial charge in [-0.1, -0.05) is 18.2 Å². The summed E-state index contributed by atoms with van der Waals surface area (Å²) in [4.78, 5) is 30.4. The summed E-state index contributed by atoms with van der Waals surface area (Å²) in [5.74, 6) is -0.865.